The fourth-order valence-electron chi connectivity index (χ4n) is 3.67. The number of fused-ring (bicyclic) bond motifs is 1. The zero-order chi connectivity index (χ0) is 23.8. The molecule has 3 aromatic heterocycles. The minimum atomic E-state index is -1.27. The predicted octanol–water partition coefficient (Wildman–Crippen LogP) is 3.09. The van der Waals surface area contributed by atoms with E-state index in [1.54, 1.807) is 61.9 Å². The molecule has 33 heavy (non-hydrogen) atoms. The second-order valence-electron chi connectivity index (χ2n) is 8.08. The van der Waals surface area contributed by atoms with Gasteiger partial charge < -0.3 is 19.6 Å². The van der Waals surface area contributed by atoms with E-state index in [9.17, 15) is 19.9 Å². The van der Waals surface area contributed by atoms with Crippen molar-refractivity contribution < 1.29 is 19.4 Å². The van der Waals surface area contributed by atoms with Gasteiger partial charge in [-0.25, -0.2) is 9.78 Å². The Morgan fingerprint density at radius 3 is 2.67 bits per heavy atom. The molecule has 0 saturated carbocycles. The molecule has 4 rings (SSSR count). The molecule has 1 aromatic carbocycles. The number of benzene rings is 1. The van der Waals surface area contributed by atoms with Crippen LogP contribution in [0.3, 0.4) is 0 Å². The first-order valence-corrected chi connectivity index (χ1v) is 10.4. The second kappa shape index (κ2) is 8.48. The van der Waals surface area contributed by atoms with E-state index in [1.807, 2.05) is 18.2 Å². The van der Waals surface area contributed by atoms with E-state index in [0.29, 0.717) is 27.0 Å². The molecule has 0 atom stereocenters. The minimum Gasteiger partial charge on any atom is -0.618 e. The van der Waals surface area contributed by atoms with Gasteiger partial charge in [-0.05, 0) is 56.7 Å². The zero-order valence-corrected chi connectivity index (χ0v) is 18.5. The number of carbonyl (C=O) groups excluding carboxylic acids is 1. The van der Waals surface area contributed by atoms with Crippen molar-refractivity contribution in [1.82, 2.24) is 9.55 Å². The fourth-order valence-corrected chi connectivity index (χ4v) is 3.67. The standard InChI is InChI=1S/C25H23N3O5/c1-4-33-24(30)20-15-27(23-19(22(20)29)9-6-12-26-23)18-8-5-7-16(13-18)17-10-11-21(25(2,3)31)28(32)14-17/h5-15,31H,4H2,1-3H3. The normalized spacial score (nSPS) is 11.5. The molecule has 0 aliphatic heterocycles. The number of carbonyl (C=O) groups is 1. The quantitative estimate of drug-likeness (QED) is 0.287. The molecule has 8 heteroatoms. The average Bonchev–Trinajstić information content (AvgIpc) is 2.79. The molecule has 4 aromatic rings. The number of ether oxygens (including phenoxy) is 1. The molecule has 0 aliphatic rings. The van der Waals surface area contributed by atoms with Gasteiger partial charge in [-0.3, -0.25) is 4.79 Å². The average molecular weight is 445 g/mol. The van der Waals surface area contributed by atoms with Gasteiger partial charge in [0.25, 0.3) is 0 Å². The lowest BCUT2D eigenvalue weighted by atomic mass is 10.0. The SMILES string of the molecule is CCOC(=O)c1cn(-c2cccc(-c3ccc(C(C)(C)O)[n+]([O-])c3)c2)c2ncccc2c1=O. The largest absolute Gasteiger partial charge is 0.618 e. The summed E-state index contributed by atoms with van der Waals surface area (Å²) >= 11 is 0. The Bertz CT molecular complexity index is 1420. The molecular weight excluding hydrogens is 422 g/mol. The monoisotopic (exact) mass is 445 g/mol. The summed E-state index contributed by atoms with van der Waals surface area (Å²) in [5, 5.41) is 22.9. The van der Waals surface area contributed by atoms with E-state index in [0.717, 1.165) is 5.56 Å². The van der Waals surface area contributed by atoms with Crippen LogP contribution in [0.2, 0.25) is 0 Å². The molecule has 0 aliphatic carbocycles. The van der Waals surface area contributed by atoms with Gasteiger partial charge in [-0.2, -0.15) is 4.73 Å². The van der Waals surface area contributed by atoms with E-state index < -0.39 is 17.0 Å². The highest BCUT2D eigenvalue weighted by Gasteiger charge is 2.25. The molecule has 0 spiro atoms. The molecular formula is C25H23N3O5. The zero-order valence-electron chi connectivity index (χ0n) is 18.5. The number of aromatic nitrogens is 3. The summed E-state index contributed by atoms with van der Waals surface area (Å²) in [5.74, 6) is -0.701. The van der Waals surface area contributed by atoms with Gasteiger partial charge in [0.15, 0.2) is 6.20 Å². The highest BCUT2D eigenvalue weighted by molar-refractivity contribution is 5.93. The van der Waals surface area contributed by atoms with Gasteiger partial charge in [-0.1, -0.05) is 12.1 Å². The molecule has 0 bridgehead atoms. The van der Waals surface area contributed by atoms with Crippen molar-refractivity contribution in [3.63, 3.8) is 0 Å². The van der Waals surface area contributed by atoms with Crippen LogP contribution in [0.4, 0.5) is 0 Å². The summed E-state index contributed by atoms with van der Waals surface area (Å²) < 4.78 is 7.37. The van der Waals surface area contributed by atoms with Crippen LogP contribution in [0, 0.1) is 5.21 Å². The summed E-state index contributed by atoms with van der Waals surface area (Å²) in [5.41, 5.74) is 0.843. The van der Waals surface area contributed by atoms with E-state index in [2.05, 4.69) is 4.98 Å². The van der Waals surface area contributed by atoms with Crippen LogP contribution in [-0.4, -0.2) is 27.2 Å². The predicted molar refractivity (Wildman–Crippen MR) is 123 cm³/mol. The summed E-state index contributed by atoms with van der Waals surface area (Å²) in [6.45, 7) is 4.92. The van der Waals surface area contributed by atoms with Crippen molar-refractivity contribution in [2.75, 3.05) is 6.61 Å². The van der Waals surface area contributed by atoms with Crippen LogP contribution in [0.1, 0.15) is 36.8 Å². The van der Waals surface area contributed by atoms with Crippen molar-refractivity contribution in [3.8, 4) is 16.8 Å². The van der Waals surface area contributed by atoms with Crippen molar-refractivity contribution in [2.45, 2.75) is 26.4 Å². The Morgan fingerprint density at radius 2 is 1.97 bits per heavy atom. The van der Waals surface area contributed by atoms with E-state index in [4.69, 9.17) is 4.74 Å². The highest BCUT2D eigenvalue weighted by Crippen LogP contribution is 2.25. The summed E-state index contributed by atoms with van der Waals surface area (Å²) in [6.07, 6.45) is 4.40. The third kappa shape index (κ3) is 4.20. The van der Waals surface area contributed by atoms with Crippen LogP contribution >= 0.6 is 0 Å². The Kier molecular flexibility index (Phi) is 5.69. The molecule has 1 N–H and O–H groups in total. The van der Waals surface area contributed by atoms with Gasteiger partial charge in [-0.15, -0.1) is 0 Å². The van der Waals surface area contributed by atoms with Crippen molar-refractivity contribution in [2.24, 2.45) is 0 Å². The van der Waals surface area contributed by atoms with Crippen LogP contribution in [0.25, 0.3) is 27.8 Å². The lowest BCUT2D eigenvalue weighted by molar-refractivity contribution is -0.621. The lowest BCUT2D eigenvalue weighted by Crippen LogP contribution is -2.39. The molecule has 0 fully saturated rings. The van der Waals surface area contributed by atoms with Crippen LogP contribution < -0.4 is 10.2 Å². The van der Waals surface area contributed by atoms with Gasteiger partial charge in [0.2, 0.25) is 11.1 Å². The lowest BCUT2D eigenvalue weighted by Gasteiger charge is -2.17. The molecule has 0 amide bonds. The van der Waals surface area contributed by atoms with Crippen LogP contribution in [0.5, 0.6) is 0 Å². The molecule has 0 radical (unpaired) electrons. The minimum absolute atomic E-state index is 0.0883. The van der Waals surface area contributed by atoms with Gasteiger partial charge in [0.05, 0.1) is 12.0 Å². The Balaban J connectivity index is 1.88. The third-order valence-corrected chi connectivity index (χ3v) is 5.26. The number of aliphatic hydroxyl groups is 1. The summed E-state index contributed by atoms with van der Waals surface area (Å²) in [6, 6.07) is 13.9. The maximum absolute atomic E-state index is 12.9. The smallest absolute Gasteiger partial charge is 0.343 e. The first kappa shape index (κ1) is 22.2. The van der Waals surface area contributed by atoms with E-state index in [-0.39, 0.29) is 17.9 Å². The van der Waals surface area contributed by atoms with Crippen molar-refractivity contribution in [1.29, 1.82) is 0 Å². The highest BCUT2D eigenvalue weighted by atomic mass is 16.5. The molecule has 0 unspecified atom stereocenters. The Labute approximate surface area is 189 Å². The van der Waals surface area contributed by atoms with Crippen LogP contribution in [-0.2, 0) is 10.3 Å². The van der Waals surface area contributed by atoms with Crippen molar-refractivity contribution in [3.05, 3.63) is 93.8 Å². The number of hydrogen-bond acceptors (Lipinski definition) is 6. The molecule has 8 nitrogen and oxygen atoms in total. The van der Waals surface area contributed by atoms with Gasteiger partial charge >= 0.3 is 5.97 Å². The topological polar surface area (TPSA) is 108 Å². The number of hydrogen-bond donors (Lipinski definition) is 1. The summed E-state index contributed by atoms with van der Waals surface area (Å²) in [7, 11) is 0. The van der Waals surface area contributed by atoms with E-state index in [1.165, 1.54) is 12.4 Å². The molecule has 0 saturated heterocycles. The first-order chi connectivity index (χ1) is 15.7. The number of nitrogens with zero attached hydrogens (tertiary/aromatic N) is 3. The Hall–Kier alpha value is -4.04. The number of pyridine rings is 3. The first-order valence-electron chi connectivity index (χ1n) is 10.4. The van der Waals surface area contributed by atoms with Crippen molar-refractivity contribution >= 4 is 17.0 Å². The number of rotatable bonds is 5. The maximum atomic E-state index is 12.9. The van der Waals surface area contributed by atoms with E-state index >= 15 is 0 Å². The van der Waals surface area contributed by atoms with Gasteiger partial charge in [0, 0.05) is 29.7 Å². The third-order valence-electron chi connectivity index (χ3n) is 5.26. The second-order valence-corrected chi connectivity index (χ2v) is 8.08. The Morgan fingerprint density at radius 1 is 1.18 bits per heavy atom. The molecule has 168 valence electrons. The fraction of sp³-hybridized carbons (Fsp3) is 0.200. The van der Waals surface area contributed by atoms with Crippen LogP contribution in [0.15, 0.2) is 71.9 Å². The van der Waals surface area contributed by atoms with Gasteiger partial charge in [0.1, 0.15) is 16.8 Å². The number of esters is 1. The summed E-state index contributed by atoms with van der Waals surface area (Å²) in [4.78, 5) is 29.6. The molecule has 3 heterocycles. The maximum Gasteiger partial charge on any atom is 0.343 e.